The van der Waals surface area contributed by atoms with Crippen LogP contribution in [0.1, 0.15) is 49.5 Å². The minimum absolute atomic E-state index is 0.00626. The number of esters is 1. The number of ether oxygens (including phenoxy) is 1. The standard InChI is InChI=1S/C14H20N2O3/c1-10(2)16(9-5-8-15)11(3)12-6-7-13(19-12)14(17)18-4/h6-7,10-11H,5,9H2,1-4H3. The molecule has 0 aliphatic rings. The number of hydrogen-bond acceptors (Lipinski definition) is 5. The highest BCUT2D eigenvalue weighted by molar-refractivity contribution is 5.86. The summed E-state index contributed by atoms with van der Waals surface area (Å²) in [6.45, 7) is 6.80. The Hall–Kier alpha value is -1.80. The monoisotopic (exact) mass is 264 g/mol. The van der Waals surface area contributed by atoms with Crippen LogP contribution in [-0.2, 0) is 4.74 Å². The number of carbonyl (C=O) groups is 1. The van der Waals surface area contributed by atoms with Crippen LogP contribution in [0.5, 0.6) is 0 Å². The summed E-state index contributed by atoms with van der Waals surface area (Å²) in [4.78, 5) is 13.5. The molecule has 1 aromatic heterocycles. The molecule has 0 saturated carbocycles. The molecule has 0 aromatic carbocycles. The van der Waals surface area contributed by atoms with Crippen molar-refractivity contribution in [3.8, 4) is 6.07 Å². The molecule has 0 N–H and O–H groups in total. The molecule has 1 aromatic rings. The van der Waals surface area contributed by atoms with Gasteiger partial charge in [0, 0.05) is 19.0 Å². The van der Waals surface area contributed by atoms with Gasteiger partial charge < -0.3 is 9.15 Å². The van der Waals surface area contributed by atoms with E-state index in [0.29, 0.717) is 18.7 Å². The highest BCUT2D eigenvalue weighted by Gasteiger charge is 2.22. The Morgan fingerprint density at radius 2 is 2.16 bits per heavy atom. The summed E-state index contributed by atoms with van der Waals surface area (Å²) >= 11 is 0. The minimum Gasteiger partial charge on any atom is -0.463 e. The number of nitrogens with zero attached hydrogens (tertiary/aromatic N) is 2. The molecular weight excluding hydrogens is 244 g/mol. The summed E-state index contributed by atoms with van der Waals surface area (Å²) in [5.74, 6) is 0.423. The Balaban J connectivity index is 2.84. The normalized spacial score (nSPS) is 12.5. The Bertz CT molecular complexity index is 460. The van der Waals surface area contributed by atoms with E-state index in [0.717, 1.165) is 0 Å². The van der Waals surface area contributed by atoms with Crippen molar-refractivity contribution in [1.29, 1.82) is 5.26 Å². The quantitative estimate of drug-likeness (QED) is 0.739. The predicted molar refractivity (Wildman–Crippen MR) is 70.5 cm³/mol. The van der Waals surface area contributed by atoms with E-state index >= 15 is 0 Å². The third-order valence-corrected chi connectivity index (χ3v) is 3.07. The second-order valence-electron chi connectivity index (χ2n) is 4.61. The highest BCUT2D eigenvalue weighted by Crippen LogP contribution is 2.24. The number of hydrogen-bond donors (Lipinski definition) is 0. The van der Waals surface area contributed by atoms with E-state index in [1.165, 1.54) is 7.11 Å². The fraction of sp³-hybridized carbons (Fsp3) is 0.571. The van der Waals surface area contributed by atoms with Gasteiger partial charge in [0.05, 0.1) is 19.2 Å². The predicted octanol–water partition coefficient (Wildman–Crippen LogP) is 2.75. The Morgan fingerprint density at radius 1 is 1.47 bits per heavy atom. The summed E-state index contributed by atoms with van der Waals surface area (Å²) in [7, 11) is 1.32. The number of carbonyl (C=O) groups excluding carboxylic acids is 1. The van der Waals surface area contributed by atoms with E-state index < -0.39 is 5.97 Å². The molecule has 0 aliphatic heterocycles. The van der Waals surface area contributed by atoms with Crippen molar-refractivity contribution >= 4 is 5.97 Å². The molecule has 104 valence electrons. The van der Waals surface area contributed by atoms with Crippen LogP contribution in [0.2, 0.25) is 0 Å². The van der Waals surface area contributed by atoms with E-state index in [-0.39, 0.29) is 17.8 Å². The lowest BCUT2D eigenvalue weighted by Crippen LogP contribution is -2.34. The van der Waals surface area contributed by atoms with E-state index in [1.54, 1.807) is 12.1 Å². The Kier molecular flexibility index (Phi) is 5.58. The second-order valence-corrected chi connectivity index (χ2v) is 4.61. The van der Waals surface area contributed by atoms with Crippen molar-refractivity contribution in [1.82, 2.24) is 4.90 Å². The maximum Gasteiger partial charge on any atom is 0.373 e. The zero-order chi connectivity index (χ0) is 14.4. The fourth-order valence-corrected chi connectivity index (χ4v) is 2.03. The maximum atomic E-state index is 11.4. The molecule has 0 saturated heterocycles. The lowest BCUT2D eigenvalue weighted by molar-refractivity contribution is 0.0557. The number of rotatable bonds is 6. The largest absolute Gasteiger partial charge is 0.463 e. The lowest BCUT2D eigenvalue weighted by atomic mass is 10.1. The lowest BCUT2D eigenvalue weighted by Gasteiger charge is -2.30. The molecule has 0 radical (unpaired) electrons. The van der Waals surface area contributed by atoms with Crippen molar-refractivity contribution < 1.29 is 13.9 Å². The molecule has 0 amide bonds. The molecule has 0 spiro atoms. The number of nitriles is 1. The molecular formula is C14H20N2O3. The van der Waals surface area contributed by atoms with E-state index in [9.17, 15) is 4.79 Å². The summed E-state index contributed by atoms with van der Waals surface area (Å²) in [6.07, 6.45) is 0.465. The first kappa shape index (κ1) is 15.3. The van der Waals surface area contributed by atoms with Gasteiger partial charge in [-0.05, 0) is 32.9 Å². The van der Waals surface area contributed by atoms with Crippen LogP contribution in [0, 0.1) is 11.3 Å². The van der Waals surface area contributed by atoms with Crippen LogP contribution >= 0.6 is 0 Å². The van der Waals surface area contributed by atoms with Crippen LogP contribution in [0.25, 0.3) is 0 Å². The summed E-state index contributed by atoms with van der Waals surface area (Å²) in [6, 6.07) is 5.83. The fourth-order valence-electron chi connectivity index (χ4n) is 2.03. The zero-order valence-electron chi connectivity index (χ0n) is 11.8. The molecule has 1 rings (SSSR count). The first-order valence-corrected chi connectivity index (χ1v) is 6.32. The molecule has 1 heterocycles. The van der Waals surface area contributed by atoms with Crippen LogP contribution in [0.15, 0.2) is 16.5 Å². The maximum absolute atomic E-state index is 11.4. The zero-order valence-corrected chi connectivity index (χ0v) is 11.8. The van der Waals surface area contributed by atoms with Gasteiger partial charge in [-0.3, -0.25) is 4.90 Å². The topological polar surface area (TPSA) is 66.5 Å². The van der Waals surface area contributed by atoms with Gasteiger partial charge in [0.2, 0.25) is 5.76 Å². The number of methoxy groups -OCH3 is 1. The van der Waals surface area contributed by atoms with E-state index in [2.05, 4.69) is 29.6 Å². The van der Waals surface area contributed by atoms with Gasteiger partial charge in [-0.25, -0.2) is 4.79 Å². The molecule has 1 unspecified atom stereocenters. The average Bonchev–Trinajstić information content (AvgIpc) is 2.87. The number of furan rings is 1. The molecule has 0 aliphatic carbocycles. The van der Waals surface area contributed by atoms with Crippen molar-refractivity contribution in [2.24, 2.45) is 0 Å². The van der Waals surface area contributed by atoms with Crippen LogP contribution in [-0.4, -0.2) is 30.6 Å². The van der Waals surface area contributed by atoms with Gasteiger partial charge in [0.15, 0.2) is 0 Å². The minimum atomic E-state index is -0.480. The van der Waals surface area contributed by atoms with Crippen molar-refractivity contribution in [3.05, 3.63) is 23.7 Å². The van der Waals surface area contributed by atoms with E-state index in [4.69, 9.17) is 9.68 Å². The Morgan fingerprint density at radius 3 is 2.68 bits per heavy atom. The molecule has 5 heteroatoms. The van der Waals surface area contributed by atoms with Gasteiger partial charge >= 0.3 is 5.97 Å². The average molecular weight is 264 g/mol. The SMILES string of the molecule is COC(=O)c1ccc(C(C)N(CCC#N)C(C)C)o1. The molecule has 0 fully saturated rings. The first-order valence-electron chi connectivity index (χ1n) is 6.32. The summed E-state index contributed by atoms with van der Waals surface area (Å²) in [5, 5.41) is 8.70. The van der Waals surface area contributed by atoms with Crippen molar-refractivity contribution in [2.75, 3.05) is 13.7 Å². The van der Waals surface area contributed by atoms with Crippen LogP contribution < -0.4 is 0 Å². The second kappa shape index (κ2) is 6.95. The van der Waals surface area contributed by atoms with Gasteiger partial charge in [-0.15, -0.1) is 0 Å². The van der Waals surface area contributed by atoms with Gasteiger partial charge in [-0.2, -0.15) is 5.26 Å². The van der Waals surface area contributed by atoms with Crippen molar-refractivity contribution in [3.63, 3.8) is 0 Å². The summed E-state index contributed by atoms with van der Waals surface area (Å²) < 4.78 is 10.1. The smallest absolute Gasteiger partial charge is 0.373 e. The molecule has 19 heavy (non-hydrogen) atoms. The van der Waals surface area contributed by atoms with Gasteiger partial charge in [0.25, 0.3) is 0 Å². The van der Waals surface area contributed by atoms with Gasteiger partial charge in [0.1, 0.15) is 5.76 Å². The molecule has 0 bridgehead atoms. The first-order chi connectivity index (χ1) is 9.01. The molecule has 1 atom stereocenters. The third kappa shape index (κ3) is 3.83. The van der Waals surface area contributed by atoms with E-state index in [1.807, 2.05) is 6.92 Å². The molecule has 5 nitrogen and oxygen atoms in total. The van der Waals surface area contributed by atoms with Crippen LogP contribution in [0.4, 0.5) is 0 Å². The van der Waals surface area contributed by atoms with Crippen LogP contribution in [0.3, 0.4) is 0 Å². The van der Waals surface area contributed by atoms with Crippen molar-refractivity contribution in [2.45, 2.75) is 39.3 Å². The Labute approximate surface area is 113 Å². The highest BCUT2D eigenvalue weighted by atomic mass is 16.5. The summed E-state index contributed by atoms with van der Waals surface area (Å²) in [5.41, 5.74) is 0. The van der Waals surface area contributed by atoms with Gasteiger partial charge in [-0.1, -0.05) is 0 Å². The third-order valence-electron chi connectivity index (χ3n) is 3.07.